The van der Waals surface area contributed by atoms with E-state index in [-0.39, 0.29) is 41.7 Å². The first-order chi connectivity index (χ1) is 14.7. The number of aliphatic carboxylic acids is 3. The monoisotopic (exact) mass is 600 g/mol. The molecule has 0 fully saturated rings. The number of rotatable bonds is 15. The largest absolute Gasteiger partial charge is 0.481 e. The van der Waals surface area contributed by atoms with Crippen molar-refractivity contribution in [2.24, 2.45) is 17.3 Å². The summed E-state index contributed by atoms with van der Waals surface area (Å²) in [5, 5.41) is 24.9. The van der Waals surface area contributed by atoms with Gasteiger partial charge in [-0.2, -0.15) is 0 Å². The molecule has 0 aliphatic carbocycles. The number of hydrogen-bond donors (Lipinski definition) is 3. The molecular formula is C26H52CeO6. The predicted molar refractivity (Wildman–Crippen MR) is 132 cm³/mol. The van der Waals surface area contributed by atoms with Crippen molar-refractivity contribution in [1.82, 2.24) is 0 Å². The topological polar surface area (TPSA) is 112 Å². The van der Waals surface area contributed by atoms with E-state index in [0.29, 0.717) is 36.5 Å². The van der Waals surface area contributed by atoms with Crippen LogP contribution in [-0.2, 0) is 14.4 Å². The van der Waals surface area contributed by atoms with Crippen molar-refractivity contribution in [3.05, 3.63) is 0 Å². The molecule has 0 aromatic carbocycles. The van der Waals surface area contributed by atoms with E-state index in [1.54, 1.807) is 0 Å². The third-order valence-corrected chi connectivity index (χ3v) is 4.66. The van der Waals surface area contributed by atoms with Crippen LogP contribution in [0.15, 0.2) is 0 Å². The molecule has 0 aliphatic rings. The summed E-state index contributed by atoms with van der Waals surface area (Å²) in [7, 11) is 0. The molecule has 196 valence electrons. The maximum atomic E-state index is 10.2. The van der Waals surface area contributed by atoms with E-state index in [4.69, 9.17) is 15.3 Å². The summed E-state index contributed by atoms with van der Waals surface area (Å²) in [5.74, 6) is -0.624. The molecule has 0 amide bonds. The quantitative estimate of drug-likeness (QED) is 0.167. The fraction of sp³-hybridized carbons (Fsp3) is 0.885. The molecule has 0 bridgehead atoms. The summed E-state index contributed by atoms with van der Waals surface area (Å²) in [5.41, 5.74) is 0.392. The van der Waals surface area contributed by atoms with Crippen molar-refractivity contribution < 1.29 is 71.5 Å². The Morgan fingerprint density at radius 3 is 1.12 bits per heavy atom. The molecular weight excluding hydrogens is 548 g/mol. The van der Waals surface area contributed by atoms with E-state index >= 15 is 0 Å². The van der Waals surface area contributed by atoms with E-state index in [9.17, 15) is 14.4 Å². The Balaban J connectivity index is -0.000000189. The maximum absolute atomic E-state index is 10.2. The van der Waals surface area contributed by atoms with Crippen LogP contribution in [0.5, 0.6) is 0 Å². The number of carboxylic acid groups (broad SMARTS) is 3. The summed E-state index contributed by atoms with van der Waals surface area (Å²) in [4.78, 5) is 30.2. The van der Waals surface area contributed by atoms with E-state index < -0.39 is 17.9 Å². The first-order valence-electron chi connectivity index (χ1n) is 12.3. The van der Waals surface area contributed by atoms with Gasteiger partial charge >= 0.3 is 17.9 Å². The molecule has 7 heteroatoms. The molecule has 0 saturated heterocycles. The van der Waals surface area contributed by atoms with Crippen LogP contribution in [-0.4, -0.2) is 33.2 Å². The molecule has 0 rings (SSSR count). The second-order valence-corrected chi connectivity index (χ2v) is 10.6. The standard InChI is InChI=1S/C10H20O2.2C8H16O2.Ce/c1-10(2,3)8-6-4-5-7-9(11)12;2*1-7(2)5-3-4-6-8(9)10;/h4-8H2,1-3H3,(H,11,12);2*7H,3-6H2,1-2H3,(H,9,10);. The minimum absolute atomic E-state index is 0. The maximum Gasteiger partial charge on any atom is 0.303 e. The molecule has 6 nitrogen and oxygen atoms in total. The third-order valence-electron chi connectivity index (χ3n) is 4.66. The zero-order valence-electron chi connectivity index (χ0n) is 22.4. The van der Waals surface area contributed by atoms with Crippen molar-refractivity contribution in [2.75, 3.05) is 0 Å². The van der Waals surface area contributed by atoms with Crippen LogP contribution < -0.4 is 0 Å². The van der Waals surface area contributed by atoms with Crippen molar-refractivity contribution in [2.45, 2.75) is 132 Å². The van der Waals surface area contributed by atoms with Gasteiger partial charge in [0.25, 0.3) is 0 Å². The molecule has 0 aromatic rings. The van der Waals surface area contributed by atoms with Gasteiger partial charge in [-0.3, -0.25) is 14.4 Å². The number of hydrogen-bond acceptors (Lipinski definition) is 3. The molecule has 0 unspecified atom stereocenters. The first-order valence-corrected chi connectivity index (χ1v) is 12.3. The Kier molecular flexibility index (Phi) is 32.0. The van der Waals surface area contributed by atoms with Crippen LogP contribution >= 0.6 is 0 Å². The molecule has 0 spiro atoms. The Hall–Kier alpha value is -0.213. The second kappa shape index (κ2) is 26.4. The molecule has 3 N–H and O–H groups in total. The van der Waals surface area contributed by atoms with Crippen molar-refractivity contribution in [3.8, 4) is 0 Å². The number of carbonyl (C=O) groups is 3. The van der Waals surface area contributed by atoms with Gasteiger partial charge in [-0.15, -0.1) is 0 Å². The predicted octanol–water partition coefficient (Wildman–Crippen LogP) is 7.64. The summed E-state index contributed by atoms with van der Waals surface area (Å²) in [6.45, 7) is 15.3. The molecule has 0 atom stereocenters. The fourth-order valence-electron chi connectivity index (χ4n) is 2.77. The van der Waals surface area contributed by atoms with Gasteiger partial charge in [0.2, 0.25) is 0 Å². The fourth-order valence-corrected chi connectivity index (χ4v) is 2.77. The van der Waals surface area contributed by atoms with Gasteiger partial charge in [-0.25, -0.2) is 0 Å². The molecule has 0 saturated carbocycles. The van der Waals surface area contributed by atoms with Crippen LogP contribution in [0.3, 0.4) is 0 Å². The number of unbranched alkanes of at least 4 members (excludes halogenated alkanes) is 4. The van der Waals surface area contributed by atoms with E-state index in [2.05, 4.69) is 48.5 Å². The van der Waals surface area contributed by atoms with Crippen molar-refractivity contribution in [3.63, 3.8) is 0 Å². The summed E-state index contributed by atoms with van der Waals surface area (Å²) in [6.07, 6.45) is 11.2. The Labute approximate surface area is 237 Å². The first kappa shape index (κ1) is 40.0. The van der Waals surface area contributed by atoms with Crippen LogP contribution in [0.25, 0.3) is 0 Å². The molecule has 0 aliphatic heterocycles. The van der Waals surface area contributed by atoms with Crippen LogP contribution in [0.4, 0.5) is 0 Å². The smallest absolute Gasteiger partial charge is 0.303 e. The van der Waals surface area contributed by atoms with Gasteiger partial charge in [-0.05, 0) is 42.9 Å². The zero-order valence-corrected chi connectivity index (χ0v) is 25.6. The van der Waals surface area contributed by atoms with Crippen LogP contribution in [0, 0.1) is 59.0 Å². The minimum atomic E-state index is -0.677. The summed E-state index contributed by atoms with van der Waals surface area (Å²) in [6, 6.07) is 0. The molecule has 0 heterocycles. The Bertz CT molecular complexity index is 444. The Morgan fingerprint density at radius 2 is 0.879 bits per heavy atom. The average molecular weight is 601 g/mol. The summed E-state index contributed by atoms with van der Waals surface area (Å²) >= 11 is 0. The van der Waals surface area contributed by atoms with Gasteiger partial charge < -0.3 is 15.3 Å². The summed E-state index contributed by atoms with van der Waals surface area (Å²) < 4.78 is 0. The van der Waals surface area contributed by atoms with Gasteiger partial charge in [0.05, 0.1) is 0 Å². The second-order valence-electron chi connectivity index (χ2n) is 10.6. The van der Waals surface area contributed by atoms with Gasteiger partial charge in [0, 0.05) is 61.0 Å². The molecule has 33 heavy (non-hydrogen) atoms. The average Bonchev–Trinajstić information content (AvgIpc) is 2.61. The van der Waals surface area contributed by atoms with Gasteiger partial charge in [0.15, 0.2) is 0 Å². The van der Waals surface area contributed by atoms with Crippen LogP contribution in [0.2, 0.25) is 0 Å². The Morgan fingerprint density at radius 1 is 0.576 bits per heavy atom. The normalized spacial score (nSPS) is 10.5. The zero-order chi connectivity index (χ0) is 25.6. The van der Waals surface area contributed by atoms with Gasteiger partial charge in [-0.1, -0.05) is 87.0 Å². The van der Waals surface area contributed by atoms with Gasteiger partial charge in [0.1, 0.15) is 0 Å². The minimum Gasteiger partial charge on any atom is -0.481 e. The third kappa shape index (κ3) is 54.3. The van der Waals surface area contributed by atoms with Crippen molar-refractivity contribution >= 4 is 17.9 Å². The number of carboxylic acids is 3. The SMILES string of the molecule is CC(C)(C)CCCCCC(=O)O.CC(C)CCCCC(=O)O.CC(C)CCCCC(=O)O.[Ce]. The van der Waals surface area contributed by atoms with Crippen molar-refractivity contribution in [1.29, 1.82) is 0 Å². The van der Waals surface area contributed by atoms with E-state index in [0.717, 1.165) is 57.8 Å². The molecule has 0 radical (unpaired) electrons. The van der Waals surface area contributed by atoms with E-state index in [1.165, 1.54) is 6.42 Å². The van der Waals surface area contributed by atoms with E-state index in [1.807, 2.05) is 0 Å². The van der Waals surface area contributed by atoms with Crippen LogP contribution in [0.1, 0.15) is 132 Å². The molecule has 0 aromatic heterocycles.